The fraction of sp³-hybridized carbons (Fsp3) is 0.143. The predicted molar refractivity (Wildman–Crippen MR) is 107 cm³/mol. The minimum atomic E-state index is 0.0459. The van der Waals surface area contributed by atoms with Gasteiger partial charge in [0.25, 0.3) is 0 Å². The molecule has 1 aromatic carbocycles. The average molecular weight is 393 g/mol. The van der Waals surface area contributed by atoms with Gasteiger partial charge in [0.2, 0.25) is 5.89 Å². The second-order valence-electron chi connectivity index (χ2n) is 6.52. The number of rotatable bonds is 5. The molecular formula is C21H17ClN4O2. The number of nitrogens with one attached hydrogen (secondary N) is 1. The first kappa shape index (κ1) is 18.1. The molecule has 0 amide bonds. The van der Waals surface area contributed by atoms with Crippen molar-refractivity contribution in [1.29, 1.82) is 0 Å². The number of H-pyrrole nitrogens is 1. The maximum Gasteiger partial charge on any atom is 0.227 e. The zero-order valence-electron chi connectivity index (χ0n) is 15.4. The van der Waals surface area contributed by atoms with Crippen LogP contribution in [0.2, 0.25) is 5.02 Å². The number of hydrogen-bond donors (Lipinski definition) is 1. The molecule has 3 aromatic heterocycles. The van der Waals surface area contributed by atoms with Crippen LogP contribution in [0.25, 0.3) is 34.2 Å². The van der Waals surface area contributed by atoms with E-state index in [4.69, 9.17) is 21.0 Å². The van der Waals surface area contributed by atoms with Crippen LogP contribution < -0.4 is 0 Å². The highest BCUT2D eigenvalue weighted by Crippen LogP contribution is 2.38. The Bertz CT molecular complexity index is 1150. The van der Waals surface area contributed by atoms with E-state index in [1.54, 1.807) is 12.4 Å². The molecule has 0 aliphatic heterocycles. The lowest BCUT2D eigenvalue weighted by atomic mass is 10.1. The first-order chi connectivity index (χ1) is 13.5. The Morgan fingerprint density at radius 3 is 2.75 bits per heavy atom. The van der Waals surface area contributed by atoms with Gasteiger partial charge < -0.3 is 4.42 Å². The van der Waals surface area contributed by atoms with Gasteiger partial charge in [-0.05, 0) is 37.6 Å². The van der Waals surface area contributed by atoms with Crippen LogP contribution >= 0.6 is 11.6 Å². The minimum Gasteiger partial charge on any atom is -0.434 e. The summed E-state index contributed by atoms with van der Waals surface area (Å²) in [5.41, 5.74) is 4.44. The number of pyridine rings is 1. The number of carbonyl (C=O) groups is 1. The van der Waals surface area contributed by atoms with Crippen LogP contribution in [0.1, 0.15) is 18.2 Å². The summed E-state index contributed by atoms with van der Waals surface area (Å²) in [7, 11) is 0. The van der Waals surface area contributed by atoms with Crippen molar-refractivity contribution in [3.63, 3.8) is 0 Å². The summed E-state index contributed by atoms with van der Waals surface area (Å²) in [5, 5.41) is 7.50. The molecule has 0 fully saturated rings. The quantitative estimate of drug-likeness (QED) is 0.522. The fourth-order valence-corrected chi connectivity index (χ4v) is 3.21. The average Bonchev–Trinajstić information content (AvgIpc) is 3.32. The van der Waals surface area contributed by atoms with E-state index < -0.39 is 0 Å². The summed E-state index contributed by atoms with van der Waals surface area (Å²) in [5.74, 6) is 1.03. The van der Waals surface area contributed by atoms with Crippen molar-refractivity contribution < 1.29 is 9.21 Å². The molecule has 1 N–H and O–H groups in total. The number of aromatic nitrogens is 4. The SMILES string of the molecule is CC(=O)Cc1cc(-c2nc(-c3ccccc3Cl)c(-c3ccn[nH]3)o2)c(C)cn1. The predicted octanol–water partition coefficient (Wildman–Crippen LogP) is 4.89. The molecule has 4 aromatic rings. The maximum absolute atomic E-state index is 11.5. The number of benzene rings is 1. The third-order valence-corrected chi connectivity index (χ3v) is 4.65. The molecular weight excluding hydrogens is 376 g/mol. The van der Waals surface area contributed by atoms with Gasteiger partial charge in [-0.15, -0.1) is 0 Å². The van der Waals surface area contributed by atoms with Gasteiger partial charge in [0.1, 0.15) is 17.2 Å². The molecule has 140 valence electrons. The Hall–Kier alpha value is -3.25. The number of carbonyl (C=O) groups excluding carboxylic acids is 1. The molecule has 0 bridgehead atoms. The van der Waals surface area contributed by atoms with Gasteiger partial charge >= 0.3 is 0 Å². The van der Waals surface area contributed by atoms with E-state index in [-0.39, 0.29) is 12.2 Å². The summed E-state index contributed by atoms with van der Waals surface area (Å²) in [6, 6.07) is 11.1. The Morgan fingerprint density at radius 2 is 2.04 bits per heavy atom. The summed E-state index contributed by atoms with van der Waals surface area (Å²) in [6.45, 7) is 3.47. The molecule has 7 heteroatoms. The van der Waals surface area contributed by atoms with Crippen LogP contribution in [0.5, 0.6) is 0 Å². The topological polar surface area (TPSA) is 84.7 Å². The van der Waals surface area contributed by atoms with Gasteiger partial charge in [-0.3, -0.25) is 14.9 Å². The fourth-order valence-electron chi connectivity index (χ4n) is 2.99. The normalized spacial score (nSPS) is 11.0. The molecule has 0 radical (unpaired) electrons. The van der Waals surface area contributed by atoms with Crippen molar-refractivity contribution in [3.8, 4) is 34.2 Å². The maximum atomic E-state index is 11.5. The number of halogens is 1. The van der Waals surface area contributed by atoms with Crippen molar-refractivity contribution >= 4 is 17.4 Å². The van der Waals surface area contributed by atoms with Gasteiger partial charge in [-0.1, -0.05) is 29.8 Å². The Morgan fingerprint density at radius 1 is 1.21 bits per heavy atom. The van der Waals surface area contributed by atoms with E-state index in [9.17, 15) is 4.79 Å². The van der Waals surface area contributed by atoms with Crippen molar-refractivity contribution in [2.24, 2.45) is 0 Å². The van der Waals surface area contributed by atoms with Crippen LogP contribution in [0, 0.1) is 6.92 Å². The lowest BCUT2D eigenvalue weighted by Crippen LogP contribution is -2.00. The van der Waals surface area contributed by atoms with E-state index in [1.165, 1.54) is 6.92 Å². The number of ketones is 1. The lowest BCUT2D eigenvalue weighted by Gasteiger charge is -2.04. The first-order valence-electron chi connectivity index (χ1n) is 8.73. The van der Waals surface area contributed by atoms with Crippen molar-refractivity contribution in [2.75, 3.05) is 0 Å². The van der Waals surface area contributed by atoms with Crippen LogP contribution in [-0.2, 0) is 11.2 Å². The standard InChI is InChI=1S/C21H17ClN4O2/c1-12-11-23-14(9-13(2)27)10-16(12)21-25-19(15-5-3-4-6-17(15)22)20(28-21)18-7-8-24-26-18/h3-8,10-11H,9H2,1-2H3,(H,24,26). The molecule has 3 heterocycles. The zero-order chi connectivity index (χ0) is 19.7. The number of oxazole rings is 1. The molecule has 28 heavy (non-hydrogen) atoms. The van der Waals surface area contributed by atoms with Crippen LogP contribution in [0.15, 0.2) is 53.2 Å². The molecule has 4 rings (SSSR count). The van der Waals surface area contributed by atoms with Gasteiger partial charge in [0.05, 0.1) is 5.02 Å². The number of Topliss-reactive ketones (excluding diaryl/α,β-unsaturated/α-hetero) is 1. The van der Waals surface area contributed by atoms with E-state index in [2.05, 4.69) is 15.2 Å². The summed E-state index contributed by atoms with van der Waals surface area (Å²) >= 11 is 6.41. The molecule has 0 aliphatic rings. The Labute approximate surface area is 166 Å². The highest BCUT2D eigenvalue weighted by molar-refractivity contribution is 6.33. The van der Waals surface area contributed by atoms with E-state index in [0.29, 0.717) is 33.8 Å². The van der Waals surface area contributed by atoms with Gasteiger partial charge in [-0.25, -0.2) is 4.98 Å². The van der Waals surface area contributed by atoms with E-state index >= 15 is 0 Å². The van der Waals surface area contributed by atoms with Crippen molar-refractivity contribution in [2.45, 2.75) is 20.3 Å². The number of hydrogen-bond acceptors (Lipinski definition) is 5. The van der Waals surface area contributed by atoms with Crippen LogP contribution in [0.4, 0.5) is 0 Å². The highest BCUT2D eigenvalue weighted by atomic mass is 35.5. The highest BCUT2D eigenvalue weighted by Gasteiger charge is 2.22. The summed E-state index contributed by atoms with van der Waals surface area (Å²) < 4.78 is 6.14. The second kappa shape index (κ2) is 7.40. The molecule has 6 nitrogen and oxygen atoms in total. The zero-order valence-corrected chi connectivity index (χ0v) is 16.1. The number of aryl methyl sites for hydroxylation is 1. The summed E-state index contributed by atoms with van der Waals surface area (Å²) in [6.07, 6.45) is 3.64. The smallest absolute Gasteiger partial charge is 0.227 e. The van der Waals surface area contributed by atoms with E-state index in [0.717, 1.165) is 16.7 Å². The van der Waals surface area contributed by atoms with Crippen LogP contribution in [-0.4, -0.2) is 25.9 Å². The molecule has 0 unspecified atom stereocenters. The molecule has 0 atom stereocenters. The molecule has 0 saturated carbocycles. The summed E-state index contributed by atoms with van der Waals surface area (Å²) in [4.78, 5) is 20.5. The first-order valence-corrected chi connectivity index (χ1v) is 9.11. The van der Waals surface area contributed by atoms with Crippen molar-refractivity contribution in [3.05, 3.63) is 65.1 Å². The molecule has 0 saturated heterocycles. The Kier molecular flexibility index (Phi) is 4.79. The number of aromatic amines is 1. The lowest BCUT2D eigenvalue weighted by molar-refractivity contribution is -0.116. The minimum absolute atomic E-state index is 0.0459. The number of nitrogens with zero attached hydrogens (tertiary/aromatic N) is 3. The molecule has 0 spiro atoms. The monoisotopic (exact) mass is 392 g/mol. The largest absolute Gasteiger partial charge is 0.434 e. The molecule has 0 aliphatic carbocycles. The van der Waals surface area contributed by atoms with Gasteiger partial charge in [-0.2, -0.15) is 5.10 Å². The second-order valence-corrected chi connectivity index (χ2v) is 6.92. The van der Waals surface area contributed by atoms with Gasteiger partial charge in [0, 0.05) is 35.6 Å². The van der Waals surface area contributed by atoms with Crippen LogP contribution in [0.3, 0.4) is 0 Å². The third kappa shape index (κ3) is 3.46. The Balaban J connectivity index is 1.90. The van der Waals surface area contributed by atoms with E-state index in [1.807, 2.05) is 43.3 Å². The van der Waals surface area contributed by atoms with Crippen molar-refractivity contribution in [1.82, 2.24) is 20.2 Å². The van der Waals surface area contributed by atoms with Gasteiger partial charge in [0.15, 0.2) is 5.76 Å². The third-order valence-electron chi connectivity index (χ3n) is 4.32.